The minimum absolute atomic E-state index is 0.0369. The lowest BCUT2D eigenvalue weighted by molar-refractivity contribution is -0.153. The van der Waals surface area contributed by atoms with E-state index in [2.05, 4.69) is 15.9 Å². The molecule has 0 aromatic heterocycles. The van der Waals surface area contributed by atoms with Crippen LogP contribution in [-0.4, -0.2) is 47.2 Å². The molecule has 5 heteroatoms. The van der Waals surface area contributed by atoms with E-state index in [9.17, 15) is 5.11 Å². The molecule has 0 aromatic rings. The average molecular weight is 267 g/mol. The molecule has 0 spiro atoms. The summed E-state index contributed by atoms with van der Waals surface area (Å²) in [5.74, 6) is -0.621. The van der Waals surface area contributed by atoms with Gasteiger partial charge in [0.2, 0.25) is 0 Å². The topological polar surface area (TPSA) is 47.9 Å². The third-order valence-corrected chi connectivity index (χ3v) is 3.18. The third-order valence-electron chi connectivity index (χ3n) is 2.54. The molecule has 4 atom stereocenters. The quantitative estimate of drug-likeness (QED) is 0.709. The normalized spacial score (nSPS) is 46.3. The van der Waals surface area contributed by atoms with Gasteiger partial charge in [-0.1, -0.05) is 15.9 Å². The van der Waals surface area contributed by atoms with Crippen LogP contribution < -0.4 is 0 Å². The summed E-state index contributed by atoms with van der Waals surface area (Å²) >= 11 is 3.36. The van der Waals surface area contributed by atoms with Gasteiger partial charge in [-0.15, -0.1) is 0 Å². The first-order valence-electron chi connectivity index (χ1n) is 4.75. The Bertz CT molecular complexity index is 221. The van der Waals surface area contributed by atoms with E-state index >= 15 is 0 Å². The maximum absolute atomic E-state index is 9.68. The van der Waals surface area contributed by atoms with Crippen molar-refractivity contribution < 1.29 is 19.3 Å². The second-order valence-electron chi connectivity index (χ2n) is 4.16. The predicted octanol–water partition coefficient (Wildman–Crippen LogP) is 0.661. The summed E-state index contributed by atoms with van der Waals surface area (Å²) in [5, 5.41) is 10.4. The number of aliphatic hydroxyl groups excluding tert-OH is 1. The van der Waals surface area contributed by atoms with Gasteiger partial charge in [-0.25, -0.2) is 0 Å². The Morgan fingerprint density at radius 1 is 1.36 bits per heavy atom. The van der Waals surface area contributed by atoms with Crippen molar-refractivity contribution in [3.63, 3.8) is 0 Å². The summed E-state index contributed by atoms with van der Waals surface area (Å²) < 4.78 is 16.8. The summed E-state index contributed by atoms with van der Waals surface area (Å²) in [4.78, 5) is 0. The van der Waals surface area contributed by atoms with Crippen LogP contribution in [0.4, 0.5) is 0 Å². The maximum Gasteiger partial charge on any atom is 0.164 e. The van der Waals surface area contributed by atoms with Crippen LogP contribution in [0.2, 0.25) is 0 Å². The summed E-state index contributed by atoms with van der Waals surface area (Å²) in [7, 11) is 0. The Morgan fingerprint density at radius 3 is 2.64 bits per heavy atom. The van der Waals surface area contributed by atoms with Gasteiger partial charge >= 0.3 is 0 Å². The fraction of sp³-hybridized carbons (Fsp3) is 1.00. The van der Waals surface area contributed by atoms with E-state index < -0.39 is 11.9 Å². The Labute approximate surface area is 91.6 Å². The number of halogens is 1. The molecule has 1 N–H and O–H groups in total. The second kappa shape index (κ2) is 3.72. The molecule has 2 aliphatic rings. The lowest BCUT2D eigenvalue weighted by Gasteiger charge is -2.33. The second-order valence-corrected chi connectivity index (χ2v) is 4.81. The molecular formula is C9H15BrO4. The third kappa shape index (κ3) is 1.84. The highest BCUT2D eigenvalue weighted by Crippen LogP contribution is 2.35. The molecule has 2 rings (SSSR count). The molecule has 4 unspecified atom stereocenters. The van der Waals surface area contributed by atoms with Crippen LogP contribution in [0.5, 0.6) is 0 Å². The molecule has 4 nitrogen and oxygen atoms in total. The van der Waals surface area contributed by atoms with Crippen molar-refractivity contribution in [2.24, 2.45) is 0 Å². The zero-order valence-corrected chi connectivity index (χ0v) is 9.86. The summed E-state index contributed by atoms with van der Waals surface area (Å²) in [5.41, 5.74) is 0. The predicted molar refractivity (Wildman–Crippen MR) is 53.4 cm³/mol. The molecule has 2 saturated heterocycles. The van der Waals surface area contributed by atoms with Crippen LogP contribution in [0.15, 0.2) is 0 Å². The van der Waals surface area contributed by atoms with Crippen molar-refractivity contribution in [2.45, 2.75) is 44.1 Å². The summed E-state index contributed by atoms with van der Waals surface area (Å²) in [6, 6.07) is 0. The molecular weight excluding hydrogens is 252 g/mol. The zero-order chi connectivity index (χ0) is 10.3. The van der Waals surface area contributed by atoms with Gasteiger partial charge in [-0.2, -0.15) is 0 Å². The monoisotopic (exact) mass is 266 g/mol. The van der Waals surface area contributed by atoms with E-state index in [0.717, 1.165) is 0 Å². The van der Waals surface area contributed by atoms with Crippen molar-refractivity contribution in [3.05, 3.63) is 0 Å². The van der Waals surface area contributed by atoms with Gasteiger partial charge in [0, 0.05) is 5.33 Å². The van der Waals surface area contributed by atoms with Gasteiger partial charge in [0.25, 0.3) is 0 Å². The molecule has 2 aliphatic heterocycles. The van der Waals surface area contributed by atoms with Gasteiger partial charge in [0.15, 0.2) is 5.79 Å². The molecule has 2 fully saturated rings. The highest BCUT2D eigenvalue weighted by atomic mass is 79.9. The molecule has 0 radical (unpaired) electrons. The van der Waals surface area contributed by atoms with E-state index in [4.69, 9.17) is 14.2 Å². The average Bonchev–Trinajstić information content (AvgIpc) is 2.42. The Balaban J connectivity index is 2.14. The van der Waals surface area contributed by atoms with Gasteiger partial charge < -0.3 is 19.3 Å². The standard InChI is InChI=1S/C9H15BrO4/c1-9(2)13-7-5(11)4-12-6(3-10)8(7)14-9/h5-8,11H,3-4H2,1-2H3. The van der Waals surface area contributed by atoms with Crippen molar-refractivity contribution in [3.8, 4) is 0 Å². The molecule has 82 valence electrons. The smallest absolute Gasteiger partial charge is 0.164 e. The van der Waals surface area contributed by atoms with Gasteiger partial charge in [0.05, 0.1) is 12.7 Å². The maximum atomic E-state index is 9.68. The fourth-order valence-corrected chi connectivity index (χ4v) is 2.50. The number of fused-ring (bicyclic) bond motifs is 1. The van der Waals surface area contributed by atoms with Crippen molar-refractivity contribution in [1.82, 2.24) is 0 Å². The van der Waals surface area contributed by atoms with Crippen molar-refractivity contribution >= 4 is 15.9 Å². The molecule has 0 bridgehead atoms. The largest absolute Gasteiger partial charge is 0.388 e. The molecule has 14 heavy (non-hydrogen) atoms. The van der Waals surface area contributed by atoms with Crippen LogP contribution in [0.25, 0.3) is 0 Å². The van der Waals surface area contributed by atoms with Crippen LogP contribution in [0, 0.1) is 0 Å². The van der Waals surface area contributed by atoms with Crippen LogP contribution in [0.1, 0.15) is 13.8 Å². The van der Waals surface area contributed by atoms with Gasteiger partial charge in [0.1, 0.15) is 18.3 Å². The molecule has 0 amide bonds. The Hall–Kier alpha value is 0.320. The van der Waals surface area contributed by atoms with Crippen LogP contribution in [0.3, 0.4) is 0 Å². The van der Waals surface area contributed by atoms with E-state index in [1.54, 1.807) is 0 Å². The Morgan fingerprint density at radius 2 is 2.00 bits per heavy atom. The first-order chi connectivity index (χ1) is 6.53. The number of rotatable bonds is 1. The molecule has 0 aliphatic carbocycles. The van der Waals surface area contributed by atoms with E-state index in [1.807, 2.05) is 13.8 Å². The van der Waals surface area contributed by atoms with E-state index in [-0.39, 0.29) is 18.3 Å². The number of hydrogen-bond donors (Lipinski definition) is 1. The summed E-state index contributed by atoms with van der Waals surface area (Å²) in [6.07, 6.45) is -1.06. The van der Waals surface area contributed by atoms with Crippen LogP contribution >= 0.6 is 15.9 Å². The SMILES string of the molecule is CC1(C)OC2C(O)COC(CBr)C2O1. The number of hydrogen-bond acceptors (Lipinski definition) is 4. The molecule has 0 saturated carbocycles. The molecule has 2 heterocycles. The summed E-state index contributed by atoms with van der Waals surface area (Å²) in [6.45, 7) is 4.02. The van der Waals surface area contributed by atoms with Gasteiger partial charge in [-0.05, 0) is 13.8 Å². The first kappa shape index (κ1) is 10.8. The highest BCUT2D eigenvalue weighted by Gasteiger charge is 2.51. The lowest BCUT2D eigenvalue weighted by atomic mass is 10.0. The molecule has 0 aromatic carbocycles. The minimum Gasteiger partial charge on any atom is -0.388 e. The van der Waals surface area contributed by atoms with E-state index in [0.29, 0.717) is 11.9 Å². The number of ether oxygens (including phenoxy) is 3. The van der Waals surface area contributed by atoms with Crippen LogP contribution in [-0.2, 0) is 14.2 Å². The van der Waals surface area contributed by atoms with Gasteiger partial charge in [-0.3, -0.25) is 0 Å². The number of alkyl halides is 1. The number of aliphatic hydroxyl groups is 1. The van der Waals surface area contributed by atoms with Crippen molar-refractivity contribution in [1.29, 1.82) is 0 Å². The highest BCUT2D eigenvalue weighted by molar-refractivity contribution is 9.09. The Kier molecular flexibility index (Phi) is 2.87. The fourth-order valence-electron chi connectivity index (χ4n) is 1.95. The first-order valence-corrected chi connectivity index (χ1v) is 5.87. The van der Waals surface area contributed by atoms with Crippen molar-refractivity contribution in [2.75, 3.05) is 11.9 Å². The zero-order valence-electron chi connectivity index (χ0n) is 8.27. The lowest BCUT2D eigenvalue weighted by Crippen LogP contribution is -2.51. The minimum atomic E-state index is -0.621. The van der Waals surface area contributed by atoms with E-state index in [1.165, 1.54) is 0 Å².